The first-order valence-corrected chi connectivity index (χ1v) is 2.61. The molecule has 0 unspecified atom stereocenters. The Morgan fingerprint density at radius 1 is 1.67 bits per heavy atom. The zero-order chi connectivity index (χ0) is 6.53. The molecule has 1 rings (SSSR count). The van der Waals surface area contributed by atoms with Gasteiger partial charge in [0, 0.05) is 0 Å². The molecule has 1 aromatic heterocycles. The van der Waals surface area contributed by atoms with Gasteiger partial charge in [-0.2, -0.15) is 0 Å². The predicted molar refractivity (Wildman–Crippen MR) is 30.5 cm³/mol. The van der Waals surface area contributed by atoms with E-state index in [4.69, 9.17) is 4.42 Å². The van der Waals surface area contributed by atoms with Gasteiger partial charge in [-0.05, 0) is 12.1 Å². The third kappa shape index (κ3) is 1.87. The predicted octanol–water partition coefficient (Wildman–Crippen LogP) is 1.36. The summed E-state index contributed by atoms with van der Waals surface area (Å²) in [5.74, 6) is 0.761. The van der Waals surface area contributed by atoms with Crippen LogP contribution in [-0.4, -0.2) is 7.11 Å². The van der Waals surface area contributed by atoms with E-state index in [0.717, 1.165) is 5.76 Å². The summed E-state index contributed by atoms with van der Waals surface area (Å²) in [5, 5.41) is 0. The summed E-state index contributed by atoms with van der Waals surface area (Å²) in [7, 11) is 1.46. The SMILES string of the molecule is COOCc1ccco1. The fourth-order valence-electron chi connectivity index (χ4n) is 0.512. The van der Waals surface area contributed by atoms with Gasteiger partial charge in [0.2, 0.25) is 0 Å². The zero-order valence-corrected chi connectivity index (χ0v) is 5.16. The van der Waals surface area contributed by atoms with Crippen LogP contribution >= 0.6 is 0 Å². The highest BCUT2D eigenvalue weighted by Crippen LogP contribution is 2.00. The molecule has 0 aliphatic heterocycles. The van der Waals surface area contributed by atoms with Crippen LogP contribution in [0.1, 0.15) is 5.76 Å². The Bertz CT molecular complexity index is 145. The molecule has 3 nitrogen and oxygen atoms in total. The van der Waals surface area contributed by atoms with Gasteiger partial charge in [0.25, 0.3) is 0 Å². The van der Waals surface area contributed by atoms with Crippen LogP contribution < -0.4 is 0 Å². The lowest BCUT2D eigenvalue weighted by Crippen LogP contribution is -1.87. The van der Waals surface area contributed by atoms with Gasteiger partial charge in [0.1, 0.15) is 12.4 Å². The van der Waals surface area contributed by atoms with Crippen LogP contribution in [0.5, 0.6) is 0 Å². The molecule has 9 heavy (non-hydrogen) atoms. The van der Waals surface area contributed by atoms with E-state index in [0.29, 0.717) is 6.61 Å². The minimum Gasteiger partial charge on any atom is -0.467 e. The van der Waals surface area contributed by atoms with Crippen molar-refractivity contribution in [2.45, 2.75) is 6.61 Å². The van der Waals surface area contributed by atoms with Crippen molar-refractivity contribution in [1.82, 2.24) is 0 Å². The fourth-order valence-corrected chi connectivity index (χ4v) is 0.512. The van der Waals surface area contributed by atoms with Crippen LogP contribution in [0, 0.1) is 0 Å². The van der Waals surface area contributed by atoms with Crippen molar-refractivity contribution < 1.29 is 14.2 Å². The molecule has 3 heteroatoms. The molecule has 0 radical (unpaired) electrons. The normalized spacial score (nSPS) is 9.89. The van der Waals surface area contributed by atoms with E-state index >= 15 is 0 Å². The Kier molecular flexibility index (Phi) is 2.30. The maximum absolute atomic E-state index is 4.93. The summed E-state index contributed by atoms with van der Waals surface area (Å²) in [4.78, 5) is 8.94. The van der Waals surface area contributed by atoms with Crippen LogP contribution in [-0.2, 0) is 16.4 Å². The molecular formula is C6H8O3. The quantitative estimate of drug-likeness (QED) is 0.455. The van der Waals surface area contributed by atoms with Crippen molar-refractivity contribution in [2.24, 2.45) is 0 Å². The molecule has 1 heterocycles. The van der Waals surface area contributed by atoms with Crippen LogP contribution in [0.25, 0.3) is 0 Å². The standard InChI is InChI=1S/C6H8O3/c1-7-9-5-6-3-2-4-8-6/h2-4H,5H2,1H3. The molecule has 0 spiro atoms. The lowest BCUT2D eigenvalue weighted by molar-refractivity contribution is -0.284. The number of rotatable bonds is 3. The molecule has 0 bridgehead atoms. The van der Waals surface area contributed by atoms with E-state index in [2.05, 4.69) is 9.78 Å². The molecule has 0 N–H and O–H groups in total. The van der Waals surface area contributed by atoms with Crippen molar-refractivity contribution in [2.75, 3.05) is 7.11 Å². The molecule has 0 fully saturated rings. The van der Waals surface area contributed by atoms with Gasteiger partial charge in [0.15, 0.2) is 0 Å². The van der Waals surface area contributed by atoms with Crippen molar-refractivity contribution in [3.8, 4) is 0 Å². The molecule has 0 saturated carbocycles. The third-order valence-electron chi connectivity index (χ3n) is 0.899. The highest BCUT2D eigenvalue weighted by atomic mass is 17.2. The average molecular weight is 128 g/mol. The van der Waals surface area contributed by atoms with E-state index in [-0.39, 0.29) is 0 Å². The van der Waals surface area contributed by atoms with Crippen molar-refractivity contribution in [3.05, 3.63) is 24.2 Å². The molecular weight excluding hydrogens is 120 g/mol. The van der Waals surface area contributed by atoms with Gasteiger partial charge in [-0.1, -0.05) is 0 Å². The maximum Gasteiger partial charge on any atom is 0.140 e. The molecule has 0 atom stereocenters. The highest BCUT2D eigenvalue weighted by Gasteiger charge is 1.92. The summed E-state index contributed by atoms with van der Waals surface area (Å²) in [6, 6.07) is 3.62. The van der Waals surface area contributed by atoms with E-state index in [1.165, 1.54) is 7.11 Å². The van der Waals surface area contributed by atoms with Gasteiger partial charge >= 0.3 is 0 Å². The average Bonchev–Trinajstić information content (AvgIpc) is 2.34. The lowest BCUT2D eigenvalue weighted by atomic mass is 10.5. The molecule has 0 aliphatic carbocycles. The topological polar surface area (TPSA) is 31.6 Å². The molecule has 50 valence electrons. The number of furan rings is 1. The summed E-state index contributed by atoms with van der Waals surface area (Å²) < 4.78 is 4.93. The van der Waals surface area contributed by atoms with E-state index in [9.17, 15) is 0 Å². The highest BCUT2D eigenvalue weighted by molar-refractivity contribution is 4.95. The Labute approximate surface area is 53.1 Å². The second-order valence-corrected chi connectivity index (χ2v) is 1.51. The van der Waals surface area contributed by atoms with E-state index < -0.39 is 0 Å². The van der Waals surface area contributed by atoms with Gasteiger partial charge in [-0.3, -0.25) is 0 Å². The summed E-state index contributed by atoms with van der Waals surface area (Å²) in [5.41, 5.74) is 0. The van der Waals surface area contributed by atoms with Crippen LogP contribution in [0.3, 0.4) is 0 Å². The monoisotopic (exact) mass is 128 g/mol. The molecule has 0 aromatic carbocycles. The second kappa shape index (κ2) is 3.27. The van der Waals surface area contributed by atoms with Crippen LogP contribution in [0.4, 0.5) is 0 Å². The zero-order valence-electron chi connectivity index (χ0n) is 5.16. The van der Waals surface area contributed by atoms with Crippen molar-refractivity contribution in [1.29, 1.82) is 0 Å². The van der Waals surface area contributed by atoms with E-state index in [1.54, 1.807) is 12.3 Å². The number of hydrogen-bond acceptors (Lipinski definition) is 3. The Hall–Kier alpha value is -0.800. The summed E-state index contributed by atoms with van der Waals surface area (Å²) in [6.45, 7) is 0.365. The lowest BCUT2D eigenvalue weighted by Gasteiger charge is -1.93. The molecule has 0 aliphatic rings. The molecule has 0 amide bonds. The van der Waals surface area contributed by atoms with Gasteiger partial charge in [-0.15, -0.1) is 0 Å². The fraction of sp³-hybridized carbons (Fsp3) is 0.333. The third-order valence-corrected chi connectivity index (χ3v) is 0.899. The minimum atomic E-state index is 0.365. The summed E-state index contributed by atoms with van der Waals surface area (Å²) in [6.07, 6.45) is 1.59. The number of hydrogen-bond donors (Lipinski definition) is 0. The van der Waals surface area contributed by atoms with Crippen LogP contribution in [0.15, 0.2) is 22.8 Å². The largest absolute Gasteiger partial charge is 0.467 e. The Balaban J connectivity index is 2.30. The Morgan fingerprint density at radius 2 is 2.56 bits per heavy atom. The first kappa shape index (κ1) is 6.32. The van der Waals surface area contributed by atoms with Crippen molar-refractivity contribution in [3.63, 3.8) is 0 Å². The molecule has 1 aromatic rings. The summed E-state index contributed by atoms with van der Waals surface area (Å²) >= 11 is 0. The molecule has 0 saturated heterocycles. The van der Waals surface area contributed by atoms with Crippen LogP contribution in [0.2, 0.25) is 0 Å². The first-order chi connectivity index (χ1) is 4.43. The van der Waals surface area contributed by atoms with Gasteiger partial charge < -0.3 is 4.42 Å². The van der Waals surface area contributed by atoms with Gasteiger partial charge in [0.05, 0.1) is 13.4 Å². The first-order valence-electron chi connectivity index (χ1n) is 2.61. The van der Waals surface area contributed by atoms with Crippen molar-refractivity contribution >= 4 is 0 Å². The minimum absolute atomic E-state index is 0.365. The smallest absolute Gasteiger partial charge is 0.140 e. The maximum atomic E-state index is 4.93. The van der Waals surface area contributed by atoms with Gasteiger partial charge in [-0.25, -0.2) is 9.78 Å². The van der Waals surface area contributed by atoms with E-state index in [1.807, 2.05) is 6.07 Å². The second-order valence-electron chi connectivity index (χ2n) is 1.51. The Morgan fingerprint density at radius 3 is 3.11 bits per heavy atom.